The molecule has 0 aromatic carbocycles. The van der Waals surface area contributed by atoms with E-state index in [1.807, 2.05) is 18.3 Å². The van der Waals surface area contributed by atoms with Crippen molar-refractivity contribution in [1.82, 2.24) is 19.9 Å². The third kappa shape index (κ3) is 1.79. The van der Waals surface area contributed by atoms with Gasteiger partial charge < -0.3 is 5.32 Å². The average molecular weight is 237 g/mol. The second-order valence-electron chi connectivity index (χ2n) is 4.16. The first-order valence-electron chi connectivity index (χ1n) is 5.56. The Bertz CT molecular complexity index is 504. The van der Waals surface area contributed by atoms with Gasteiger partial charge in [0.25, 0.3) is 0 Å². The second-order valence-corrected chi connectivity index (χ2v) is 4.57. The maximum Gasteiger partial charge on any atom is 0.174 e. The van der Waals surface area contributed by atoms with E-state index in [4.69, 9.17) is 11.6 Å². The van der Waals surface area contributed by atoms with Crippen LogP contribution in [0.4, 0.5) is 0 Å². The number of hydrogen-bond acceptors (Lipinski definition) is 3. The van der Waals surface area contributed by atoms with Crippen molar-refractivity contribution >= 4 is 17.2 Å². The third-order valence-corrected chi connectivity index (χ3v) is 3.31. The highest BCUT2D eigenvalue weighted by atomic mass is 35.5. The molecular weight excluding hydrogens is 224 g/mol. The van der Waals surface area contributed by atoms with Crippen LogP contribution >= 0.6 is 11.6 Å². The van der Waals surface area contributed by atoms with Gasteiger partial charge >= 0.3 is 0 Å². The highest BCUT2D eigenvalue weighted by Gasteiger charge is 2.17. The maximum absolute atomic E-state index is 6.03. The molecule has 0 aliphatic heterocycles. The first-order chi connectivity index (χ1) is 7.83. The third-order valence-electron chi connectivity index (χ3n) is 3.01. The first kappa shape index (κ1) is 10.1. The van der Waals surface area contributed by atoms with Crippen molar-refractivity contribution in [3.8, 4) is 0 Å². The topological polar surface area (TPSA) is 42.2 Å². The van der Waals surface area contributed by atoms with E-state index < -0.39 is 0 Å². The molecule has 84 valence electrons. The molecule has 2 aromatic rings. The normalized spacial score (nSPS) is 16.6. The zero-order chi connectivity index (χ0) is 11.0. The molecule has 0 radical (unpaired) electrons. The van der Waals surface area contributed by atoms with E-state index in [0.29, 0.717) is 11.1 Å². The van der Waals surface area contributed by atoms with Crippen LogP contribution in [0.2, 0.25) is 5.02 Å². The Morgan fingerprint density at radius 3 is 3.06 bits per heavy atom. The summed E-state index contributed by atoms with van der Waals surface area (Å²) in [5.74, 6) is 0.806. The quantitative estimate of drug-likeness (QED) is 0.887. The molecular formula is C11H13ClN4. The molecule has 16 heavy (non-hydrogen) atoms. The Balaban J connectivity index is 1.79. The van der Waals surface area contributed by atoms with Crippen molar-refractivity contribution in [3.05, 3.63) is 29.2 Å². The minimum atomic E-state index is 0.643. The van der Waals surface area contributed by atoms with E-state index in [1.165, 1.54) is 19.3 Å². The molecule has 3 rings (SSSR count). The van der Waals surface area contributed by atoms with Gasteiger partial charge in [-0.1, -0.05) is 18.0 Å². The Morgan fingerprint density at radius 1 is 1.50 bits per heavy atom. The van der Waals surface area contributed by atoms with Crippen molar-refractivity contribution in [1.29, 1.82) is 0 Å². The molecule has 5 heteroatoms. The van der Waals surface area contributed by atoms with Gasteiger partial charge in [0.05, 0.1) is 11.6 Å². The van der Waals surface area contributed by atoms with Gasteiger partial charge in [0, 0.05) is 12.2 Å². The molecule has 0 bridgehead atoms. The highest BCUT2D eigenvalue weighted by Crippen LogP contribution is 2.18. The number of pyridine rings is 1. The Hall–Kier alpha value is -1.13. The van der Waals surface area contributed by atoms with E-state index in [-0.39, 0.29) is 0 Å². The largest absolute Gasteiger partial charge is 0.307 e. The van der Waals surface area contributed by atoms with Gasteiger partial charge in [-0.25, -0.2) is 9.50 Å². The Labute approximate surface area is 98.6 Å². The minimum Gasteiger partial charge on any atom is -0.307 e. The molecule has 1 N–H and O–H groups in total. The molecule has 0 atom stereocenters. The van der Waals surface area contributed by atoms with Crippen molar-refractivity contribution in [3.63, 3.8) is 0 Å². The van der Waals surface area contributed by atoms with Gasteiger partial charge in [-0.15, -0.1) is 5.10 Å². The standard InChI is InChI=1S/C11H13ClN4/c12-9-5-2-6-16-11(9)14-10(15-16)7-13-8-3-1-4-8/h2,5-6,8,13H,1,3-4,7H2. The zero-order valence-electron chi connectivity index (χ0n) is 8.86. The average Bonchev–Trinajstić information content (AvgIpc) is 2.60. The molecule has 1 saturated carbocycles. The summed E-state index contributed by atoms with van der Waals surface area (Å²) in [6.45, 7) is 0.725. The number of aromatic nitrogens is 3. The Morgan fingerprint density at radius 2 is 2.38 bits per heavy atom. The summed E-state index contributed by atoms with van der Waals surface area (Å²) < 4.78 is 1.72. The highest BCUT2D eigenvalue weighted by molar-refractivity contribution is 6.33. The number of hydrogen-bond donors (Lipinski definition) is 1. The monoisotopic (exact) mass is 236 g/mol. The van der Waals surface area contributed by atoms with Crippen LogP contribution in [0.5, 0.6) is 0 Å². The molecule has 0 amide bonds. The van der Waals surface area contributed by atoms with E-state index >= 15 is 0 Å². The van der Waals surface area contributed by atoms with Crippen LogP contribution < -0.4 is 5.32 Å². The maximum atomic E-state index is 6.03. The molecule has 1 aliphatic rings. The van der Waals surface area contributed by atoms with E-state index in [9.17, 15) is 0 Å². The second kappa shape index (κ2) is 4.03. The number of halogens is 1. The lowest BCUT2D eigenvalue weighted by Gasteiger charge is -2.25. The lowest BCUT2D eigenvalue weighted by Crippen LogP contribution is -2.34. The van der Waals surface area contributed by atoms with Crippen LogP contribution in [0.25, 0.3) is 5.65 Å². The summed E-state index contributed by atoms with van der Waals surface area (Å²) >= 11 is 6.03. The fourth-order valence-corrected chi connectivity index (χ4v) is 2.04. The van der Waals surface area contributed by atoms with Crippen molar-refractivity contribution in [2.45, 2.75) is 31.8 Å². The molecule has 4 nitrogen and oxygen atoms in total. The predicted molar refractivity (Wildman–Crippen MR) is 62.5 cm³/mol. The SMILES string of the molecule is Clc1cccn2nc(CNC3CCC3)nc12. The summed E-state index contributed by atoms with van der Waals surface area (Å²) in [7, 11) is 0. The number of rotatable bonds is 3. The van der Waals surface area contributed by atoms with Gasteiger partial charge in [-0.05, 0) is 25.0 Å². The molecule has 2 heterocycles. The summed E-state index contributed by atoms with van der Waals surface area (Å²) in [5.41, 5.74) is 0.731. The van der Waals surface area contributed by atoms with E-state index in [2.05, 4.69) is 15.4 Å². The van der Waals surface area contributed by atoms with Gasteiger partial charge in [-0.3, -0.25) is 0 Å². The fraction of sp³-hybridized carbons (Fsp3) is 0.455. The molecule has 0 spiro atoms. The molecule has 1 aliphatic carbocycles. The van der Waals surface area contributed by atoms with Gasteiger partial charge in [-0.2, -0.15) is 0 Å². The van der Waals surface area contributed by atoms with E-state index in [0.717, 1.165) is 18.0 Å². The van der Waals surface area contributed by atoms with Gasteiger partial charge in [0.1, 0.15) is 0 Å². The molecule has 2 aromatic heterocycles. The predicted octanol–water partition coefficient (Wildman–Crippen LogP) is 2.02. The first-order valence-corrected chi connectivity index (χ1v) is 5.94. The van der Waals surface area contributed by atoms with Crippen molar-refractivity contribution < 1.29 is 0 Å². The van der Waals surface area contributed by atoms with Gasteiger partial charge in [0.2, 0.25) is 0 Å². The molecule has 0 saturated heterocycles. The number of nitrogens with one attached hydrogen (secondary N) is 1. The smallest absolute Gasteiger partial charge is 0.174 e. The van der Waals surface area contributed by atoms with Crippen LogP contribution in [0.3, 0.4) is 0 Å². The fourth-order valence-electron chi connectivity index (χ4n) is 1.84. The van der Waals surface area contributed by atoms with Gasteiger partial charge in [0.15, 0.2) is 11.5 Å². The van der Waals surface area contributed by atoms with E-state index in [1.54, 1.807) is 4.52 Å². The lowest BCUT2D eigenvalue weighted by molar-refractivity contribution is 0.335. The summed E-state index contributed by atoms with van der Waals surface area (Å²) in [4.78, 5) is 4.40. The summed E-state index contributed by atoms with van der Waals surface area (Å²) in [6.07, 6.45) is 5.74. The van der Waals surface area contributed by atoms with Crippen LogP contribution in [0, 0.1) is 0 Å². The van der Waals surface area contributed by atoms with Crippen LogP contribution in [-0.4, -0.2) is 20.6 Å². The summed E-state index contributed by atoms with van der Waals surface area (Å²) in [6, 6.07) is 4.35. The van der Waals surface area contributed by atoms with Crippen molar-refractivity contribution in [2.75, 3.05) is 0 Å². The molecule has 1 fully saturated rings. The number of nitrogens with zero attached hydrogens (tertiary/aromatic N) is 3. The lowest BCUT2D eigenvalue weighted by atomic mass is 9.93. The number of fused-ring (bicyclic) bond motifs is 1. The van der Waals surface area contributed by atoms with Crippen LogP contribution in [-0.2, 0) is 6.54 Å². The van der Waals surface area contributed by atoms with Crippen LogP contribution in [0.1, 0.15) is 25.1 Å². The van der Waals surface area contributed by atoms with Crippen LogP contribution in [0.15, 0.2) is 18.3 Å². The molecule has 0 unspecified atom stereocenters. The van der Waals surface area contributed by atoms with Crippen molar-refractivity contribution in [2.24, 2.45) is 0 Å². The zero-order valence-corrected chi connectivity index (χ0v) is 9.61. The Kier molecular flexibility index (Phi) is 2.53. The minimum absolute atomic E-state index is 0.643. The summed E-state index contributed by atoms with van der Waals surface area (Å²) in [5, 5.41) is 8.44.